The molecular weight excluding hydrogens is 451 g/mol. The molecule has 0 bridgehead atoms. The Morgan fingerprint density at radius 1 is 1.06 bits per heavy atom. The van der Waals surface area contributed by atoms with E-state index in [1.165, 1.54) is 0 Å². The van der Waals surface area contributed by atoms with Crippen LogP contribution < -0.4 is 14.8 Å². The maximum atomic E-state index is 12.7. The molecule has 0 aromatic heterocycles. The largest absolute Gasteiger partial charge is 0.496 e. The molecule has 1 saturated heterocycles. The Hall–Kier alpha value is -2.44. The number of likely N-dealkylation sites (tertiary alicyclic amines) is 1. The van der Waals surface area contributed by atoms with E-state index < -0.39 is 0 Å². The van der Waals surface area contributed by atoms with Crippen LogP contribution in [0.1, 0.15) is 31.2 Å². The molecule has 2 aromatic carbocycles. The van der Waals surface area contributed by atoms with Crippen LogP contribution in [0.4, 0.5) is 0 Å². The third-order valence-corrected chi connectivity index (χ3v) is 6.27. The molecule has 0 saturated carbocycles. The first-order valence-electron chi connectivity index (χ1n) is 10.7. The molecule has 172 valence electrons. The highest BCUT2D eigenvalue weighted by Gasteiger charge is 2.24. The Bertz CT molecular complexity index is 930. The first kappa shape index (κ1) is 24.2. The van der Waals surface area contributed by atoms with E-state index in [1.807, 2.05) is 29.2 Å². The summed E-state index contributed by atoms with van der Waals surface area (Å²) in [6, 6.07) is 12.9. The van der Waals surface area contributed by atoms with Crippen LogP contribution in [0.3, 0.4) is 0 Å². The predicted octanol–water partition coefficient (Wildman–Crippen LogP) is 4.51. The number of methoxy groups -OCH3 is 1. The Kier molecular flexibility index (Phi) is 9.06. The number of carbonyl (C=O) groups is 2. The summed E-state index contributed by atoms with van der Waals surface area (Å²) in [7, 11) is 1.61. The van der Waals surface area contributed by atoms with E-state index in [0.29, 0.717) is 54.8 Å². The van der Waals surface area contributed by atoms with Crippen LogP contribution in [0.5, 0.6) is 11.5 Å². The van der Waals surface area contributed by atoms with Crippen molar-refractivity contribution in [2.45, 2.75) is 38.1 Å². The molecule has 0 aliphatic carbocycles. The minimum atomic E-state index is -0.00964. The normalized spacial score (nSPS) is 14.2. The van der Waals surface area contributed by atoms with Gasteiger partial charge >= 0.3 is 0 Å². The van der Waals surface area contributed by atoms with E-state index in [-0.39, 0.29) is 17.9 Å². The van der Waals surface area contributed by atoms with Gasteiger partial charge in [0.2, 0.25) is 11.8 Å². The maximum absolute atomic E-state index is 12.7. The molecule has 1 N–H and O–H groups in total. The number of ether oxygens (including phenoxy) is 2. The molecule has 1 aliphatic rings. The van der Waals surface area contributed by atoms with Crippen molar-refractivity contribution in [3.8, 4) is 11.5 Å². The standard InChI is InChI=1S/C24H28Cl2N2O4/c1-31-20-8-3-2-6-17(20)16-23(30)28-13-11-18(12-14-28)27-22(29)10-5-15-32-21-9-4-7-19(25)24(21)26/h2-4,6-9,18H,5,10-16H2,1H3,(H,27,29). The average Bonchev–Trinajstić information content (AvgIpc) is 2.80. The Labute approximate surface area is 198 Å². The van der Waals surface area contributed by atoms with Gasteiger partial charge < -0.3 is 19.7 Å². The van der Waals surface area contributed by atoms with Gasteiger partial charge in [0, 0.05) is 31.1 Å². The maximum Gasteiger partial charge on any atom is 0.227 e. The minimum Gasteiger partial charge on any atom is -0.496 e. The predicted molar refractivity (Wildman–Crippen MR) is 126 cm³/mol. The monoisotopic (exact) mass is 478 g/mol. The molecule has 32 heavy (non-hydrogen) atoms. The van der Waals surface area contributed by atoms with Crippen LogP contribution in [0.2, 0.25) is 10.0 Å². The molecule has 0 atom stereocenters. The van der Waals surface area contributed by atoms with Crippen molar-refractivity contribution in [2.24, 2.45) is 0 Å². The van der Waals surface area contributed by atoms with Gasteiger partial charge in [-0.2, -0.15) is 0 Å². The van der Waals surface area contributed by atoms with Crippen molar-refractivity contribution in [3.05, 3.63) is 58.1 Å². The molecule has 1 aliphatic heterocycles. The van der Waals surface area contributed by atoms with E-state index in [4.69, 9.17) is 32.7 Å². The second-order valence-electron chi connectivity index (χ2n) is 7.72. The lowest BCUT2D eigenvalue weighted by Gasteiger charge is -2.32. The minimum absolute atomic E-state index is 0.00964. The number of para-hydroxylation sites is 1. The van der Waals surface area contributed by atoms with Gasteiger partial charge in [0.1, 0.15) is 16.5 Å². The van der Waals surface area contributed by atoms with Gasteiger partial charge in [-0.05, 0) is 37.5 Å². The highest BCUT2D eigenvalue weighted by atomic mass is 35.5. The number of piperidine rings is 1. The van der Waals surface area contributed by atoms with Crippen molar-refractivity contribution < 1.29 is 19.1 Å². The van der Waals surface area contributed by atoms with E-state index >= 15 is 0 Å². The van der Waals surface area contributed by atoms with Crippen molar-refractivity contribution >= 4 is 35.0 Å². The number of nitrogens with zero attached hydrogens (tertiary/aromatic N) is 1. The van der Waals surface area contributed by atoms with Gasteiger partial charge in [0.25, 0.3) is 0 Å². The number of amides is 2. The van der Waals surface area contributed by atoms with Crippen molar-refractivity contribution in [3.63, 3.8) is 0 Å². The van der Waals surface area contributed by atoms with Crippen LogP contribution in [0.25, 0.3) is 0 Å². The second-order valence-corrected chi connectivity index (χ2v) is 8.50. The number of hydrogen-bond donors (Lipinski definition) is 1. The first-order chi connectivity index (χ1) is 15.5. The van der Waals surface area contributed by atoms with E-state index in [9.17, 15) is 9.59 Å². The second kappa shape index (κ2) is 12.0. The molecule has 0 radical (unpaired) electrons. The zero-order valence-corrected chi connectivity index (χ0v) is 19.6. The number of rotatable bonds is 9. The van der Waals surface area contributed by atoms with Crippen molar-refractivity contribution in [2.75, 3.05) is 26.8 Å². The topological polar surface area (TPSA) is 67.9 Å². The summed E-state index contributed by atoms with van der Waals surface area (Å²) < 4.78 is 10.9. The summed E-state index contributed by atoms with van der Waals surface area (Å²) in [5.41, 5.74) is 0.886. The Morgan fingerprint density at radius 3 is 2.53 bits per heavy atom. The number of carbonyl (C=O) groups excluding carboxylic acids is 2. The van der Waals surface area contributed by atoms with Crippen LogP contribution in [-0.4, -0.2) is 49.6 Å². The fourth-order valence-electron chi connectivity index (χ4n) is 3.71. The highest BCUT2D eigenvalue weighted by Crippen LogP contribution is 2.31. The van der Waals surface area contributed by atoms with Gasteiger partial charge in [-0.25, -0.2) is 0 Å². The highest BCUT2D eigenvalue weighted by molar-refractivity contribution is 6.42. The fourth-order valence-corrected chi connectivity index (χ4v) is 4.05. The molecule has 1 heterocycles. The molecule has 8 heteroatoms. The number of halogens is 2. The zero-order valence-electron chi connectivity index (χ0n) is 18.1. The van der Waals surface area contributed by atoms with Crippen LogP contribution in [0.15, 0.2) is 42.5 Å². The van der Waals surface area contributed by atoms with Gasteiger partial charge in [0.15, 0.2) is 0 Å². The first-order valence-corrected chi connectivity index (χ1v) is 11.5. The summed E-state index contributed by atoms with van der Waals surface area (Å²) in [5.74, 6) is 1.31. The smallest absolute Gasteiger partial charge is 0.227 e. The number of nitrogens with one attached hydrogen (secondary N) is 1. The molecule has 2 amide bonds. The van der Waals surface area contributed by atoms with Crippen LogP contribution in [0, 0.1) is 0 Å². The number of hydrogen-bond acceptors (Lipinski definition) is 4. The third-order valence-electron chi connectivity index (χ3n) is 5.47. The van der Waals surface area contributed by atoms with Crippen molar-refractivity contribution in [1.29, 1.82) is 0 Å². The summed E-state index contributed by atoms with van der Waals surface area (Å²) in [6.45, 7) is 1.65. The summed E-state index contributed by atoms with van der Waals surface area (Å²) >= 11 is 12.1. The molecule has 6 nitrogen and oxygen atoms in total. The van der Waals surface area contributed by atoms with Crippen LogP contribution in [-0.2, 0) is 16.0 Å². The lowest BCUT2D eigenvalue weighted by molar-refractivity contribution is -0.131. The fraction of sp³-hybridized carbons (Fsp3) is 0.417. The summed E-state index contributed by atoms with van der Waals surface area (Å²) in [4.78, 5) is 26.8. The quantitative estimate of drug-likeness (QED) is 0.538. The molecule has 2 aromatic rings. The SMILES string of the molecule is COc1ccccc1CC(=O)N1CCC(NC(=O)CCCOc2cccc(Cl)c2Cl)CC1. The molecule has 0 unspecified atom stereocenters. The molecule has 0 spiro atoms. The Balaban J connectivity index is 1.35. The zero-order chi connectivity index (χ0) is 22.9. The van der Waals surface area contributed by atoms with E-state index in [1.54, 1.807) is 25.3 Å². The molecule has 3 rings (SSSR count). The molecular formula is C24H28Cl2N2O4. The lowest BCUT2D eigenvalue weighted by Crippen LogP contribution is -2.47. The van der Waals surface area contributed by atoms with Crippen LogP contribution >= 0.6 is 23.2 Å². The van der Waals surface area contributed by atoms with Gasteiger partial charge in [-0.3, -0.25) is 9.59 Å². The van der Waals surface area contributed by atoms with Crippen molar-refractivity contribution in [1.82, 2.24) is 10.2 Å². The average molecular weight is 479 g/mol. The van der Waals surface area contributed by atoms with E-state index in [2.05, 4.69) is 5.32 Å². The van der Waals surface area contributed by atoms with Gasteiger partial charge in [-0.1, -0.05) is 47.5 Å². The summed E-state index contributed by atoms with van der Waals surface area (Å²) in [5, 5.41) is 3.89. The lowest BCUT2D eigenvalue weighted by atomic mass is 10.0. The molecule has 1 fully saturated rings. The third kappa shape index (κ3) is 6.78. The van der Waals surface area contributed by atoms with Gasteiger partial charge in [-0.15, -0.1) is 0 Å². The van der Waals surface area contributed by atoms with E-state index in [0.717, 1.165) is 24.2 Å². The summed E-state index contributed by atoms with van der Waals surface area (Å²) in [6.07, 6.45) is 2.75. The number of benzene rings is 2. The Morgan fingerprint density at radius 2 is 1.78 bits per heavy atom. The van der Waals surface area contributed by atoms with Gasteiger partial charge in [0.05, 0.1) is 25.2 Å².